The summed E-state index contributed by atoms with van der Waals surface area (Å²) in [5.41, 5.74) is 4.08. The molecule has 3 nitrogen and oxygen atoms in total. The van der Waals surface area contributed by atoms with Gasteiger partial charge in [0.2, 0.25) is 0 Å². The van der Waals surface area contributed by atoms with E-state index in [1.165, 1.54) is 0 Å². The lowest BCUT2D eigenvalue weighted by atomic mass is 10.1. The first-order chi connectivity index (χ1) is 8.72. The summed E-state index contributed by atoms with van der Waals surface area (Å²) >= 11 is 0. The number of carbonyl (C=O) groups excluding carboxylic acids is 2. The summed E-state index contributed by atoms with van der Waals surface area (Å²) in [7, 11) is 0. The van der Waals surface area contributed by atoms with Crippen molar-refractivity contribution in [2.45, 2.75) is 6.92 Å². The van der Waals surface area contributed by atoms with Crippen LogP contribution < -0.4 is 5.32 Å². The van der Waals surface area contributed by atoms with E-state index in [1.807, 2.05) is 31.2 Å². The Bertz CT molecular complexity index is 574. The normalized spacial score (nSPS) is 9.83. The van der Waals surface area contributed by atoms with Crippen molar-refractivity contribution in [3.63, 3.8) is 0 Å². The largest absolute Gasteiger partial charge is 0.356 e. The molecule has 2 rings (SSSR count). The third kappa shape index (κ3) is 2.63. The molecular formula is C15H13NO2. The van der Waals surface area contributed by atoms with Crippen LogP contribution in [-0.2, 0) is 0 Å². The van der Waals surface area contributed by atoms with Gasteiger partial charge in [-0.25, -0.2) is 0 Å². The van der Waals surface area contributed by atoms with E-state index in [4.69, 9.17) is 0 Å². The minimum atomic E-state index is 0.646. The molecule has 0 aliphatic rings. The summed E-state index contributed by atoms with van der Waals surface area (Å²) < 4.78 is 0. The summed E-state index contributed by atoms with van der Waals surface area (Å²) in [6.45, 7) is 1.89. The van der Waals surface area contributed by atoms with E-state index >= 15 is 0 Å². The van der Waals surface area contributed by atoms with Crippen molar-refractivity contribution in [2.75, 3.05) is 5.32 Å². The summed E-state index contributed by atoms with van der Waals surface area (Å²) in [6.07, 6.45) is 1.66. The van der Waals surface area contributed by atoms with E-state index in [1.54, 1.807) is 18.2 Å². The Kier molecular flexibility index (Phi) is 3.53. The van der Waals surface area contributed by atoms with Crippen molar-refractivity contribution in [2.24, 2.45) is 0 Å². The summed E-state index contributed by atoms with van der Waals surface area (Å²) in [5, 5.41) is 3.22. The van der Waals surface area contributed by atoms with Crippen molar-refractivity contribution in [1.29, 1.82) is 0 Å². The van der Waals surface area contributed by atoms with Gasteiger partial charge >= 0.3 is 0 Å². The predicted molar refractivity (Wildman–Crippen MR) is 71.7 cm³/mol. The number of anilines is 2. The molecule has 90 valence electrons. The van der Waals surface area contributed by atoms with Gasteiger partial charge in [-0.3, -0.25) is 9.59 Å². The predicted octanol–water partition coefficient (Wildman–Crippen LogP) is 3.36. The number of rotatable bonds is 4. The zero-order chi connectivity index (χ0) is 13.0. The first kappa shape index (κ1) is 12.0. The molecule has 0 heterocycles. The fraction of sp³-hybridized carbons (Fsp3) is 0.0667. The highest BCUT2D eigenvalue weighted by Gasteiger charge is 1.99. The van der Waals surface area contributed by atoms with Gasteiger partial charge in [0.1, 0.15) is 12.6 Å². The van der Waals surface area contributed by atoms with Crippen LogP contribution in [0.15, 0.2) is 42.5 Å². The summed E-state index contributed by atoms with van der Waals surface area (Å²) in [4.78, 5) is 21.3. The smallest absolute Gasteiger partial charge is 0.150 e. The highest BCUT2D eigenvalue weighted by molar-refractivity contribution is 5.79. The van der Waals surface area contributed by atoms with E-state index in [-0.39, 0.29) is 0 Å². The number of carbonyl (C=O) groups is 2. The molecule has 0 fully saturated rings. The Morgan fingerprint density at radius 1 is 0.889 bits per heavy atom. The van der Waals surface area contributed by atoms with Crippen molar-refractivity contribution in [3.05, 3.63) is 59.2 Å². The highest BCUT2D eigenvalue weighted by Crippen LogP contribution is 2.19. The molecule has 0 saturated carbocycles. The fourth-order valence-corrected chi connectivity index (χ4v) is 1.70. The molecule has 18 heavy (non-hydrogen) atoms. The van der Waals surface area contributed by atoms with Gasteiger partial charge in [-0.1, -0.05) is 0 Å². The standard InChI is InChI=1S/C15H13NO2/c1-11-8-15(7-4-13(11)10-18)16-14-5-2-12(9-17)3-6-14/h2-10,16H,1H3. The Labute approximate surface area is 105 Å². The molecule has 0 spiro atoms. The van der Waals surface area contributed by atoms with E-state index in [2.05, 4.69) is 5.32 Å². The summed E-state index contributed by atoms with van der Waals surface area (Å²) in [6, 6.07) is 12.7. The lowest BCUT2D eigenvalue weighted by Crippen LogP contribution is -1.93. The SMILES string of the molecule is Cc1cc(Nc2ccc(C=O)cc2)ccc1C=O. The molecule has 2 aromatic carbocycles. The molecular weight excluding hydrogens is 226 g/mol. The summed E-state index contributed by atoms with van der Waals surface area (Å²) in [5.74, 6) is 0. The molecule has 1 N–H and O–H groups in total. The molecule has 0 saturated heterocycles. The van der Waals surface area contributed by atoms with Gasteiger partial charge in [-0.05, 0) is 55.0 Å². The number of aryl methyl sites for hydroxylation is 1. The third-order valence-electron chi connectivity index (χ3n) is 2.73. The topological polar surface area (TPSA) is 46.2 Å². The molecule has 3 heteroatoms. The number of benzene rings is 2. The number of hydrogen-bond acceptors (Lipinski definition) is 3. The van der Waals surface area contributed by atoms with Crippen LogP contribution >= 0.6 is 0 Å². The van der Waals surface area contributed by atoms with Gasteiger partial charge in [0.15, 0.2) is 0 Å². The van der Waals surface area contributed by atoms with Crippen LogP contribution in [0.3, 0.4) is 0 Å². The van der Waals surface area contributed by atoms with Crippen LogP contribution in [0.4, 0.5) is 11.4 Å². The van der Waals surface area contributed by atoms with Crippen LogP contribution in [0, 0.1) is 6.92 Å². The molecule has 0 unspecified atom stereocenters. The zero-order valence-electron chi connectivity index (χ0n) is 10.0. The van der Waals surface area contributed by atoms with Crippen molar-refractivity contribution in [1.82, 2.24) is 0 Å². The Balaban J connectivity index is 2.20. The second-order valence-electron chi connectivity index (χ2n) is 4.05. The van der Waals surface area contributed by atoms with Crippen molar-refractivity contribution >= 4 is 23.9 Å². The van der Waals surface area contributed by atoms with Gasteiger partial charge in [-0.15, -0.1) is 0 Å². The van der Waals surface area contributed by atoms with Gasteiger partial charge in [-0.2, -0.15) is 0 Å². The average molecular weight is 239 g/mol. The van der Waals surface area contributed by atoms with Crippen LogP contribution in [0.1, 0.15) is 26.3 Å². The Morgan fingerprint density at radius 3 is 2.11 bits per heavy atom. The van der Waals surface area contributed by atoms with Gasteiger partial charge < -0.3 is 5.32 Å². The van der Waals surface area contributed by atoms with Crippen molar-refractivity contribution in [3.8, 4) is 0 Å². The maximum Gasteiger partial charge on any atom is 0.150 e. The quantitative estimate of drug-likeness (QED) is 0.832. The minimum Gasteiger partial charge on any atom is -0.356 e. The van der Waals surface area contributed by atoms with Gasteiger partial charge in [0.25, 0.3) is 0 Å². The lowest BCUT2D eigenvalue weighted by molar-refractivity contribution is 0.111. The molecule has 0 amide bonds. The first-order valence-corrected chi connectivity index (χ1v) is 5.61. The highest BCUT2D eigenvalue weighted by atomic mass is 16.1. The van der Waals surface area contributed by atoms with Gasteiger partial charge in [0.05, 0.1) is 0 Å². The van der Waals surface area contributed by atoms with Crippen LogP contribution in [0.2, 0.25) is 0 Å². The molecule has 0 atom stereocenters. The molecule has 0 aliphatic carbocycles. The minimum absolute atomic E-state index is 0.646. The molecule has 0 bridgehead atoms. The van der Waals surface area contributed by atoms with E-state index in [0.717, 1.165) is 29.5 Å². The molecule has 0 radical (unpaired) electrons. The van der Waals surface area contributed by atoms with E-state index in [9.17, 15) is 9.59 Å². The number of aldehydes is 2. The van der Waals surface area contributed by atoms with Crippen LogP contribution in [0.25, 0.3) is 0 Å². The second kappa shape index (κ2) is 5.27. The molecule has 0 aliphatic heterocycles. The third-order valence-corrected chi connectivity index (χ3v) is 2.73. The maximum atomic E-state index is 10.7. The Morgan fingerprint density at radius 2 is 1.56 bits per heavy atom. The number of nitrogens with one attached hydrogen (secondary N) is 1. The number of hydrogen-bond donors (Lipinski definition) is 1. The first-order valence-electron chi connectivity index (χ1n) is 5.61. The van der Waals surface area contributed by atoms with Crippen LogP contribution in [-0.4, -0.2) is 12.6 Å². The lowest BCUT2D eigenvalue weighted by Gasteiger charge is -2.08. The maximum absolute atomic E-state index is 10.7. The fourth-order valence-electron chi connectivity index (χ4n) is 1.70. The Hall–Kier alpha value is -2.42. The van der Waals surface area contributed by atoms with Gasteiger partial charge in [0, 0.05) is 22.5 Å². The second-order valence-corrected chi connectivity index (χ2v) is 4.05. The average Bonchev–Trinajstić information content (AvgIpc) is 2.40. The van der Waals surface area contributed by atoms with Crippen molar-refractivity contribution < 1.29 is 9.59 Å². The monoisotopic (exact) mass is 239 g/mol. The molecule has 0 aromatic heterocycles. The van der Waals surface area contributed by atoms with Crippen LogP contribution in [0.5, 0.6) is 0 Å². The van der Waals surface area contributed by atoms with E-state index < -0.39 is 0 Å². The molecule has 2 aromatic rings. The van der Waals surface area contributed by atoms with E-state index in [0.29, 0.717) is 11.1 Å². The zero-order valence-corrected chi connectivity index (χ0v) is 10.0.